The summed E-state index contributed by atoms with van der Waals surface area (Å²) in [7, 11) is 1.55. The minimum absolute atomic E-state index is 0.0211. The third-order valence-corrected chi connectivity index (χ3v) is 8.47. The Kier molecular flexibility index (Phi) is 6.42. The summed E-state index contributed by atoms with van der Waals surface area (Å²) in [6.45, 7) is 5.52. The topological polar surface area (TPSA) is 141 Å². The second kappa shape index (κ2) is 9.38. The van der Waals surface area contributed by atoms with Crippen LogP contribution in [0.25, 0.3) is 16.9 Å². The number of ether oxygens (including phenoxy) is 1. The van der Waals surface area contributed by atoms with E-state index in [1.807, 2.05) is 19.9 Å². The lowest BCUT2D eigenvalue weighted by Crippen LogP contribution is -2.58. The average molecular weight is 533 g/mol. The normalized spacial score (nSPS) is 24.5. The molecule has 1 saturated carbocycles. The zero-order valence-electron chi connectivity index (χ0n) is 22.4. The number of phenolic OH excluding ortho intramolecular Hbond substituents is 1. The lowest BCUT2D eigenvalue weighted by molar-refractivity contribution is -0.147. The van der Waals surface area contributed by atoms with Crippen molar-refractivity contribution in [2.75, 3.05) is 7.11 Å². The van der Waals surface area contributed by atoms with Crippen molar-refractivity contribution in [3.63, 3.8) is 0 Å². The van der Waals surface area contributed by atoms with Gasteiger partial charge in [0.05, 0.1) is 12.7 Å². The monoisotopic (exact) mass is 532 g/mol. The number of aliphatic hydroxyl groups excluding tert-OH is 2. The predicted octanol–water partition coefficient (Wildman–Crippen LogP) is 4.72. The maximum atomic E-state index is 13.9. The third kappa shape index (κ3) is 3.80. The van der Waals surface area contributed by atoms with Gasteiger partial charge in [0.25, 0.3) is 0 Å². The Labute approximate surface area is 226 Å². The Morgan fingerprint density at radius 1 is 1.10 bits per heavy atom. The van der Waals surface area contributed by atoms with E-state index in [0.29, 0.717) is 28.9 Å². The summed E-state index contributed by atoms with van der Waals surface area (Å²) in [5.41, 5.74) is -0.302. The summed E-state index contributed by atoms with van der Waals surface area (Å²) in [5.74, 6) is -4.62. The quantitative estimate of drug-likeness (QED) is 0.406. The summed E-state index contributed by atoms with van der Waals surface area (Å²) in [4.78, 5) is 39.1. The number of carbonyl (C=O) groups excluding carboxylic acids is 3. The number of aliphatic hydroxyl groups is 3. The SMILES string of the molecule is CCC(=O)C1=C(O)C2(O)C(=O)C3=C(O)c4c(O)c(-c5ccc(OC)cc5)cc(C(C)C)c4CC3CC2CC1=O. The van der Waals surface area contributed by atoms with Gasteiger partial charge in [0.2, 0.25) is 5.78 Å². The maximum Gasteiger partial charge on any atom is 0.202 e. The minimum Gasteiger partial charge on any atom is -0.508 e. The van der Waals surface area contributed by atoms with E-state index >= 15 is 0 Å². The molecule has 0 amide bonds. The van der Waals surface area contributed by atoms with E-state index in [0.717, 1.165) is 5.56 Å². The van der Waals surface area contributed by atoms with Gasteiger partial charge >= 0.3 is 0 Å². The van der Waals surface area contributed by atoms with Crippen LogP contribution in [0.3, 0.4) is 0 Å². The first kappa shape index (κ1) is 26.7. The number of methoxy groups -OCH3 is 1. The largest absolute Gasteiger partial charge is 0.508 e. The first-order valence-electron chi connectivity index (χ1n) is 13.2. The van der Waals surface area contributed by atoms with Crippen LogP contribution in [0.2, 0.25) is 0 Å². The molecule has 0 aromatic heterocycles. The molecule has 0 aliphatic heterocycles. The molecule has 3 aliphatic carbocycles. The van der Waals surface area contributed by atoms with Crippen molar-refractivity contribution in [1.29, 1.82) is 0 Å². The fraction of sp³-hybridized carbons (Fsp3) is 0.387. The smallest absolute Gasteiger partial charge is 0.202 e. The first-order valence-corrected chi connectivity index (χ1v) is 13.2. The number of phenols is 1. The van der Waals surface area contributed by atoms with Gasteiger partial charge < -0.3 is 25.2 Å². The fourth-order valence-corrected chi connectivity index (χ4v) is 6.43. The second-order valence-corrected chi connectivity index (χ2v) is 10.9. The van der Waals surface area contributed by atoms with Gasteiger partial charge in [0.15, 0.2) is 17.2 Å². The maximum absolute atomic E-state index is 13.9. The van der Waals surface area contributed by atoms with Gasteiger partial charge in [-0.2, -0.15) is 0 Å². The van der Waals surface area contributed by atoms with Gasteiger partial charge in [-0.25, -0.2) is 0 Å². The van der Waals surface area contributed by atoms with Gasteiger partial charge in [0.1, 0.15) is 28.6 Å². The number of allylic oxidation sites excluding steroid dienone is 1. The number of fused-ring (bicyclic) bond motifs is 3. The Morgan fingerprint density at radius 3 is 2.36 bits per heavy atom. The molecule has 0 saturated heterocycles. The molecule has 0 bridgehead atoms. The van der Waals surface area contributed by atoms with E-state index in [1.54, 1.807) is 31.4 Å². The van der Waals surface area contributed by atoms with E-state index in [2.05, 4.69) is 0 Å². The molecule has 8 nitrogen and oxygen atoms in total. The van der Waals surface area contributed by atoms with Crippen LogP contribution in [-0.4, -0.2) is 50.5 Å². The molecular formula is C31H32O8. The summed E-state index contributed by atoms with van der Waals surface area (Å²) in [5, 5.41) is 45.5. The van der Waals surface area contributed by atoms with E-state index in [9.17, 15) is 34.8 Å². The van der Waals surface area contributed by atoms with Gasteiger partial charge in [-0.05, 0) is 59.6 Å². The molecule has 3 unspecified atom stereocenters. The van der Waals surface area contributed by atoms with Crippen LogP contribution in [0, 0.1) is 11.8 Å². The lowest BCUT2D eigenvalue weighted by Gasteiger charge is -2.46. The van der Waals surface area contributed by atoms with Crippen molar-refractivity contribution in [2.24, 2.45) is 11.8 Å². The van der Waals surface area contributed by atoms with Crippen LogP contribution in [0.4, 0.5) is 0 Å². The Hall–Kier alpha value is -3.91. The number of hydrogen-bond donors (Lipinski definition) is 4. The van der Waals surface area contributed by atoms with Crippen LogP contribution in [0.1, 0.15) is 62.6 Å². The highest BCUT2D eigenvalue weighted by atomic mass is 16.5. The Balaban J connectivity index is 1.72. The summed E-state index contributed by atoms with van der Waals surface area (Å²) >= 11 is 0. The van der Waals surface area contributed by atoms with E-state index in [4.69, 9.17) is 4.74 Å². The number of hydrogen-bond acceptors (Lipinski definition) is 8. The van der Waals surface area contributed by atoms with E-state index in [1.165, 1.54) is 6.92 Å². The Morgan fingerprint density at radius 2 is 1.77 bits per heavy atom. The molecule has 2 aromatic carbocycles. The molecule has 0 heterocycles. The molecule has 1 fully saturated rings. The van der Waals surface area contributed by atoms with Gasteiger partial charge in [-0.3, -0.25) is 14.4 Å². The van der Waals surface area contributed by atoms with Crippen molar-refractivity contribution in [1.82, 2.24) is 0 Å². The molecule has 8 heteroatoms. The Bertz CT molecular complexity index is 1480. The molecule has 4 N–H and O–H groups in total. The van der Waals surface area contributed by atoms with Crippen LogP contribution in [0.5, 0.6) is 11.5 Å². The predicted molar refractivity (Wildman–Crippen MR) is 144 cm³/mol. The third-order valence-electron chi connectivity index (χ3n) is 8.47. The van der Waals surface area contributed by atoms with Crippen LogP contribution in [-0.2, 0) is 20.8 Å². The molecule has 5 rings (SSSR count). The zero-order chi connectivity index (χ0) is 28.4. The van der Waals surface area contributed by atoms with Crippen molar-refractivity contribution in [2.45, 2.75) is 58.0 Å². The van der Waals surface area contributed by atoms with Crippen molar-refractivity contribution in [3.8, 4) is 22.6 Å². The number of Topliss-reactive ketones (excluding diaryl/α,β-unsaturated/α-hetero) is 3. The van der Waals surface area contributed by atoms with Crippen LogP contribution < -0.4 is 4.74 Å². The van der Waals surface area contributed by atoms with E-state index < -0.39 is 51.9 Å². The van der Waals surface area contributed by atoms with Crippen molar-refractivity contribution >= 4 is 23.1 Å². The van der Waals surface area contributed by atoms with Crippen molar-refractivity contribution in [3.05, 3.63) is 63.9 Å². The molecule has 0 spiro atoms. The standard InChI is InChI=1S/C31H32O8/c1-5-22(32)26-23(33)12-17-10-16-11-21-19(14(2)3)13-20(15-6-8-18(39-4)9-7-15)27(34)25(21)28(35)24(16)29(36)31(17,38)30(26)37/h6-9,13-14,16-17,34-35,37-38H,5,10-12H2,1-4H3. The zero-order valence-corrected chi connectivity index (χ0v) is 22.4. The van der Waals surface area contributed by atoms with E-state index in [-0.39, 0.29) is 42.1 Å². The van der Waals surface area contributed by atoms with Gasteiger partial charge in [-0.15, -0.1) is 0 Å². The lowest BCUT2D eigenvalue weighted by atomic mass is 9.58. The molecule has 204 valence electrons. The second-order valence-electron chi connectivity index (χ2n) is 10.9. The highest BCUT2D eigenvalue weighted by Crippen LogP contribution is 2.54. The number of carbonyl (C=O) groups is 3. The average Bonchev–Trinajstić information content (AvgIpc) is 2.90. The van der Waals surface area contributed by atoms with Crippen LogP contribution in [0.15, 0.2) is 47.2 Å². The molecule has 3 aliphatic rings. The van der Waals surface area contributed by atoms with Gasteiger partial charge in [-0.1, -0.05) is 32.9 Å². The number of aromatic hydroxyl groups is 1. The molecule has 0 radical (unpaired) electrons. The highest BCUT2D eigenvalue weighted by molar-refractivity contribution is 6.23. The van der Waals surface area contributed by atoms with Gasteiger partial charge in [0, 0.05) is 29.9 Å². The van der Waals surface area contributed by atoms with Crippen LogP contribution >= 0.6 is 0 Å². The summed E-state index contributed by atoms with van der Waals surface area (Å²) in [6.07, 6.45) is 0.104. The minimum atomic E-state index is -2.50. The number of ketones is 3. The molecule has 39 heavy (non-hydrogen) atoms. The summed E-state index contributed by atoms with van der Waals surface area (Å²) in [6, 6.07) is 8.97. The highest BCUT2D eigenvalue weighted by Gasteiger charge is 2.60. The number of benzene rings is 2. The first-order chi connectivity index (χ1) is 18.4. The van der Waals surface area contributed by atoms with Crippen molar-refractivity contribution < 1.29 is 39.5 Å². The molecule has 3 atom stereocenters. The number of rotatable bonds is 5. The summed E-state index contributed by atoms with van der Waals surface area (Å²) < 4.78 is 5.24. The molecular weight excluding hydrogens is 500 g/mol. The molecule has 2 aromatic rings. The fourth-order valence-electron chi connectivity index (χ4n) is 6.43.